The van der Waals surface area contributed by atoms with Crippen molar-refractivity contribution in [1.29, 1.82) is 0 Å². The molecule has 1 aliphatic rings. The summed E-state index contributed by atoms with van der Waals surface area (Å²) in [5.74, 6) is -1.06. The van der Waals surface area contributed by atoms with Crippen LogP contribution in [0.3, 0.4) is 0 Å². The van der Waals surface area contributed by atoms with Crippen LogP contribution in [0.1, 0.15) is 36.2 Å². The average Bonchev–Trinajstić information content (AvgIpc) is 2.44. The van der Waals surface area contributed by atoms with Crippen LogP contribution in [-0.2, 0) is 16.0 Å². The van der Waals surface area contributed by atoms with Crippen LogP contribution >= 0.6 is 0 Å². The second-order valence-corrected chi connectivity index (χ2v) is 4.75. The highest BCUT2D eigenvalue weighted by Gasteiger charge is 2.34. The first-order chi connectivity index (χ1) is 9.60. The predicted octanol–water partition coefficient (Wildman–Crippen LogP) is 2.09. The third-order valence-electron chi connectivity index (χ3n) is 3.44. The van der Waals surface area contributed by atoms with Crippen molar-refractivity contribution in [2.24, 2.45) is 0 Å². The lowest BCUT2D eigenvalue weighted by Crippen LogP contribution is -2.46. The predicted molar refractivity (Wildman–Crippen MR) is 75.2 cm³/mol. The summed E-state index contributed by atoms with van der Waals surface area (Å²) in [6.45, 7) is 4.85. The minimum Gasteiger partial charge on any atom is -0.478 e. The Hall–Kier alpha value is -1.88. The number of hydrogen-bond acceptors (Lipinski definition) is 3. The molecule has 0 aliphatic carbocycles. The van der Waals surface area contributed by atoms with Crippen LogP contribution < -0.4 is 4.90 Å². The Morgan fingerprint density at radius 1 is 1.45 bits per heavy atom. The molecule has 1 unspecified atom stereocenters. The summed E-state index contributed by atoms with van der Waals surface area (Å²) in [6.07, 6.45) is 0.569. The molecule has 1 amide bonds. The molecular formula is C15H19NO4. The van der Waals surface area contributed by atoms with Gasteiger partial charge in [-0.1, -0.05) is 13.0 Å². The molecular weight excluding hydrogens is 258 g/mol. The number of carboxylic acids is 1. The molecule has 0 saturated heterocycles. The number of fused-ring (bicyclic) bond motifs is 1. The summed E-state index contributed by atoms with van der Waals surface area (Å²) in [5, 5.41) is 9.28. The van der Waals surface area contributed by atoms with Crippen molar-refractivity contribution in [3.63, 3.8) is 0 Å². The molecule has 0 fully saturated rings. The molecule has 20 heavy (non-hydrogen) atoms. The largest absolute Gasteiger partial charge is 0.478 e. The zero-order valence-electron chi connectivity index (χ0n) is 11.8. The SMILES string of the molecule is CCCOC1Cc2c(C(=O)O)cccc2N(CC)C1=O. The maximum absolute atomic E-state index is 12.4. The molecule has 2 rings (SSSR count). The summed E-state index contributed by atoms with van der Waals surface area (Å²) in [5.41, 5.74) is 1.62. The molecule has 1 atom stereocenters. The molecule has 0 saturated carbocycles. The standard InChI is InChI=1S/C15H19NO4/c1-3-8-20-13-9-11-10(15(18)19)6-5-7-12(11)16(4-2)14(13)17/h5-7,13H,3-4,8-9H2,1-2H3,(H,18,19). The van der Waals surface area contributed by atoms with Crippen LogP contribution in [-0.4, -0.2) is 36.2 Å². The second kappa shape index (κ2) is 6.05. The van der Waals surface area contributed by atoms with Gasteiger partial charge in [0.2, 0.25) is 0 Å². The quantitative estimate of drug-likeness (QED) is 0.895. The van der Waals surface area contributed by atoms with Gasteiger partial charge in [0.25, 0.3) is 5.91 Å². The first-order valence-electron chi connectivity index (χ1n) is 6.88. The highest BCUT2D eigenvalue weighted by molar-refractivity contribution is 6.02. The zero-order chi connectivity index (χ0) is 14.7. The monoisotopic (exact) mass is 277 g/mol. The number of amides is 1. The highest BCUT2D eigenvalue weighted by atomic mass is 16.5. The van der Waals surface area contributed by atoms with E-state index < -0.39 is 12.1 Å². The number of benzene rings is 1. The number of likely N-dealkylation sites (N-methyl/N-ethyl adjacent to an activating group) is 1. The van der Waals surface area contributed by atoms with Gasteiger partial charge in [-0.05, 0) is 31.0 Å². The van der Waals surface area contributed by atoms with E-state index in [0.29, 0.717) is 30.8 Å². The van der Waals surface area contributed by atoms with Gasteiger partial charge in [0.15, 0.2) is 0 Å². The lowest BCUT2D eigenvalue weighted by atomic mass is 9.94. The van der Waals surface area contributed by atoms with Gasteiger partial charge in [-0.3, -0.25) is 4.79 Å². The molecule has 1 aromatic rings. The average molecular weight is 277 g/mol. The fourth-order valence-corrected chi connectivity index (χ4v) is 2.52. The Balaban J connectivity index is 2.43. The molecule has 5 heteroatoms. The number of carbonyl (C=O) groups excluding carboxylic acids is 1. The fraction of sp³-hybridized carbons (Fsp3) is 0.467. The van der Waals surface area contributed by atoms with Crippen molar-refractivity contribution in [2.45, 2.75) is 32.8 Å². The van der Waals surface area contributed by atoms with Gasteiger partial charge in [-0.25, -0.2) is 4.79 Å². The van der Waals surface area contributed by atoms with E-state index in [1.54, 1.807) is 23.1 Å². The van der Waals surface area contributed by atoms with Gasteiger partial charge in [0, 0.05) is 25.3 Å². The van der Waals surface area contributed by atoms with Crippen molar-refractivity contribution in [3.8, 4) is 0 Å². The molecule has 5 nitrogen and oxygen atoms in total. The van der Waals surface area contributed by atoms with Crippen LogP contribution in [0.25, 0.3) is 0 Å². The summed E-state index contributed by atoms with van der Waals surface area (Å²) >= 11 is 0. The molecule has 0 bridgehead atoms. The smallest absolute Gasteiger partial charge is 0.336 e. The Morgan fingerprint density at radius 2 is 2.20 bits per heavy atom. The topological polar surface area (TPSA) is 66.8 Å². The van der Waals surface area contributed by atoms with Crippen molar-refractivity contribution in [1.82, 2.24) is 0 Å². The van der Waals surface area contributed by atoms with E-state index in [0.717, 1.165) is 6.42 Å². The summed E-state index contributed by atoms with van der Waals surface area (Å²) < 4.78 is 5.58. The van der Waals surface area contributed by atoms with Crippen LogP contribution in [0.5, 0.6) is 0 Å². The Bertz CT molecular complexity index is 527. The maximum atomic E-state index is 12.4. The lowest BCUT2D eigenvalue weighted by Gasteiger charge is -2.34. The molecule has 0 spiro atoms. The van der Waals surface area contributed by atoms with E-state index >= 15 is 0 Å². The van der Waals surface area contributed by atoms with E-state index in [4.69, 9.17) is 4.74 Å². The molecule has 1 aliphatic heterocycles. The Morgan fingerprint density at radius 3 is 2.80 bits per heavy atom. The van der Waals surface area contributed by atoms with E-state index in [1.807, 2.05) is 13.8 Å². The van der Waals surface area contributed by atoms with Crippen LogP contribution in [0.15, 0.2) is 18.2 Å². The number of rotatable bonds is 5. The van der Waals surface area contributed by atoms with Gasteiger partial charge in [0.1, 0.15) is 6.10 Å². The van der Waals surface area contributed by atoms with E-state index in [2.05, 4.69) is 0 Å². The van der Waals surface area contributed by atoms with Crippen molar-refractivity contribution in [2.75, 3.05) is 18.1 Å². The van der Waals surface area contributed by atoms with Gasteiger partial charge in [-0.2, -0.15) is 0 Å². The first kappa shape index (κ1) is 14.5. The molecule has 0 radical (unpaired) electrons. The van der Waals surface area contributed by atoms with Gasteiger partial charge in [0.05, 0.1) is 5.56 Å². The summed E-state index contributed by atoms with van der Waals surface area (Å²) in [4.78, 5) is 25.3. The number of carboxylic acid groups (broad SMARTS) is 1. The van der Waals surface area contributed by atoms with E-state index in [1.165, 1.54) is 0 Å². The highest BCUT2D eigenvalue weighted by Crippen LogP contribution is 2.31. The molecule has 108 valence electrons. The third-order valence-corrected chi connectivity index (χ3v) is 3.44. The number of aromatic carboxylic acids is 1. The van der Waals surface area contributed by atoms with Crippen LogP contribution in [0.4, 0.5) is 5.69 Å². The van der Waals surface area contributed by atoms with Gasteiger partial charge < -0.3 is 14.7 Å². The fourth-order valence-electron chi connectivity index (χ4n) is 2.52. The maximum Gasteiger partial charge on any atom is 0.336 e. The number of ether oxygens (including phenoxy) is 1. The Labute approximate surface area is 118 Å². The number of nitrogens with zero attached hydrogens (tertiary/aromatic N) is 1. The third kappa shape index (κ3) is 2.54. The Kier molecular flexibility index (Phi) is 4.39. The number of carbonyl (C=O) groups is 2. The van der Waals surface area contributed by atoms with Crippen molar-refractivity contribution in [3.05, 3.63) is 29.3 Å². The van der Waals surface area contributed by atoms with Gasteiger partial charge in [-0.15, -0.1) is 0 Å². The van der Waals surface area contributed by atoms with Gasteiger partial charge >= 0.3 is 5.97 Å². The second-order valence-electron chi connectivity index (χ2n) is 4.75. The zero-order valence-corrected chi connectivity index (χ0v) is 11.8. The minimum absolute atomic E-state index is 0.0870. The number of anilines is 1. The molecule has 1 aromatic carbocycles. The normalized spacial score (nSPS) is 18.0. The summed E-state index contributed by atoms with van der Waals surface area (Å²) in [7, 11) is 0. The van der Waals surface area contributed by atoms with E-state index in [9.17, 15) is 14.7 Å². The van der Waals surface area contributed by atoms with Crippen LogP contribution in [0, 0.1) is 0 Å². The number of hydrogen-bond donors (Lipinski definition) is 1. The first-order valence-corrected chi connectivity index (χ1v) is 6.88. The minimum atomic E-state index is -0.971. The molecule has 1 heterocycles. The van der Waals surface area contributed by atoms with Crippen molar-refractivity contribution < 1.29 is 19.4 Å². The molecule has 0 aromatic heterocycles. The lowest BCUT2D eigenvalue weighted by molar-refractivity contribution is -0.130. The van der Waals surface area contributed by atoms with Crippen molar-refractivity contribution >= 4 is 17.6 Å². The van der Waals surface area contributed by atoms with E-state index in [-0.39, 0.29) is 11.5 Å². The van der Waals surface area contributed by atoms with Crippen LogP contribution in [0.2, 0.25) is 0 Å². The molecule has 1 N–H and O–H groups in total. The summed E-state index contributed by atoms with van der Waals surface area (Å²) in [6, 6.07) is 5.03.